The number of carbonyl (C=O) groups is 2. The van der Waals surface area contributed by atoms with E-state index in [1.807, 2.05) is 38.1 Å². The molecule has 22 heavy (non-hydrogen) atoms. The van der Waals surface area contributed by atoms with Crippen molar-refractivity contribution in [3.8, 4) is 5.75 Å². The molecule has 1 aromatic carbocycles. The third kappa shape index (κ3) is 3.40. The maximum atomic E-state index is 12.5. The topological polar surface area (TPSA) is 75.6 Å². The van der Waals surface area contributed by atoms with E-state index >= 15 is 0 Å². The summed E-state index contributed by atoms with van der Waals surface area (Å²) in [6.07, 6.45) is 1.62. The average molecular weight is 305 g/mol. The molecule has 2 rings (SSSR count). The maximum Gasteiger partial charge on any atom is 0.306 e. The van der Waals surface area contributed by atoms with Crippen molar-refractivity contribution in [1.29, 1.82) is 0 Å². The summed E-state index contributed by atoms with van der Waals surface area (Å²) in [6, 6.07) is 7.57. The van der Waals surface area contributed by atoms with Crippen LogP contribution in [0.4, 0.5) is 0 Å². The summed E-state index contributed by atoms with van der Waals surface area (Å²) in [5.41, 5.74) is 0.323. The molecule has 1 amide bonds. The van der Waals surface area contributed by atoms with Gasteiger partial charge in [-0.05, 0) is 39.2 Å². The maximum absolute atomic E-state index is 12.5. The molecule has 0 unspecified atom stereocenters. The Labute approximate surface area is 130 Å². The highest BCUT2D eigenvalue weighted by molar-refractivity contribution is 5.81. The number of aliphatic carboxylic acids is 1. The fraction of sp³-hybridized carbons (Fsp3) is 0.529. The average Bonchev–Trinajstić information content (AvgIpc) is 2.97. The Hall–Kier alpha value is -2.04. The van der Waals surface area contributed by atoms with Crippen LogP contribution in [0.25, 0.3) is 0 Å². The Bertz CT molecular complexity index is 568. The van der Waals surface area contributed by atoms with E-state index in [4.69, 9.17) is 9.84 Å². The minimum atomic E-state index is -0.806. The van der Waals surface area contributed by atoms with E-state index in [0.717, 1.165) is 11.3 Å². The fourth-order valence-corrected chi connectivity index (χ4v) is 3.08. The number of rotatable bonds is 5. The normalized spacial score (nSPS) is 21.4. The van der Waals surface area contributed by atoms with Gasteiger partial charge in [-0.2, -0.15) is 0 Å². The third-order valence-electron chi connectivity index (χ3n) is 4.37. The molecule has 1 aliphatic rings. The number of hydrogen-bond donors (Lipinski definition) is 2. The molecule has 0 aromatic heterocycles. The first-order chi connectivity index (χ1) is 10.3. The van der Waals surface area contributed by atoms with Crippen LogP contribution in [0, 0.1) is 11.8 Å². The largest absolute Gasteiger partial charge is 0.496 e. The second kappa shape index (κ2) is 6.38. The van der Waals surface area contributed by atoms with Gasteiger partial charge in [-0.25, -0.2) is 0 Å². The van der Waals surface area contributed by atoms with Crippen LogP contribution in [0.3, 0.4) is 0 Å². The van der Waals surface area contributed by atoms with Crippen molar-refractivity contribution in [1.82, 2.24) is 5.32 Å². The second-order valence-electron chi connectivity index (χ2n) is 6.36. The lowest BCUT2D eigenvalue weighted by atomic mass is 9.92. The lowest BCUT2D eigenvalue weighted by Crippen LogP contribution is -2.43. The summed E-state index contributed by atoms with van der Waals surface area (Å²) in [5.74, 6) is -0.790. The van der Waals surface area contributed by atoms with Crippen molar-refractivity contribution in [2.75, 3.05) is 7.11 Å². The monoisotopic (exact) mass is 305 g/mol. The number of carboxylic acids is 1. The molecule has 0 aliphatic heterocycles. The number of amides is 1. The van der Waals surface area contributed by atoms with Gasteiger partial charge < -0.3 is 15.2 Å². The van der Waals surface area contributed by atoms with Crippen LogP contribution >= 0.6 is 0 Å². The number of carboxylic acid groups (broad SMARTS) is 1. The highest BCUT2D eigenvalue weighted by atomic mass is 16.5. The third-order valence-corrected chi connectivity index (χ3v) is 4.37. The number of para-hydroxylation sites is 1. The van der Waals surface area contributed by atoms with Gasteiger partial charge in [0.1, 0.15) is 5.75 Å². The highest BCUT2D eigenvalue weighted by Gasteiger charge is 2.36. The minimum Gasteiger partial charge on any atom is -0.496 e. The van der Waals surface area contributed by atoms with Crippen LogP contribution in [0.15, 0.2) is 24.3 Å². The van der Waals surface area contributed by atoms with Gasteiger partial charge in [0, 0.05) is 11.5 Å². The van der Waals surface area contributed by atoms with E-state index in [0.29, 0.717) is 19.3 Å². The Morgan fingerprint density at radius 1 is 1.23 bits per heavy atom. The summed E-state index contributed by atoms with van der Waals surface area (Å²) in [6.45, 7) is 3.85. The number of carbonyl (C=O) groups excluding carboxylic acids is 1. The fourth-order valence-electron chi connectivity index (χ4n) is 3.08. The molecule has 0 bridgehead atoms. The lowest BCUT2D eigenvalue weighted by molar-refractivity contribution is -0.141. The predicted octanol–water partition coefficient (Wildman–Crippen LogP) is 2.55. The van der Waals surface area contributed by atoms with Gasteiger partial charge in [-0.15, -0.1) is 0 Å². The van der Waals surface area contributed by atoms with Gasteiger partial charge in [-0.3, -0.25) is 9.59 Å². The smallest absolute Gasteiger partial charge is 0.306 e. The molecule has 0 saturated heterocycles. The zero-order chi connectivity index (χ0) is 16.3. The molecule has 0 spiro atoms. The van der Waals surface area contributed by atoms with Crippen molar-refractivity contribution < 1.29 is 19.4 Å². The predicted molar refractivity (Wildman–Crippen MR) is 82.6 cm³/mol. The Morgan fingerprint density at radius 2 is 1.86 bits per heavy atom. The first-order valence-electron chi connectivity index (χ1n) is 7.53. The van der Waals surface area contributed by atoms with Crippen LogP contribution in [0.5, 0.6) is 5.75 Å². The van der Waals surface area contributed by atoms with Crippen molar-refractivity contribution in [3.63, 3.8) is 0 Å². The summed E-state index contributed by atoms with van der Waals surface area (Å²) in [5, 5.41) is 12.1. The molecular formula is C17H23NO4. The molecule has 5 nitrogen and oxygen atoms in total. The summed E-state index contributed by atoms with van der Waals surface area (Å²) >= 11 is 0. The van der Waals surface area contributed by atoms with Crippen LogP contribution in [0.2, 0.25) is 0 Å². The highest BCUT2D eigenvalue weighted by Crippen LogP contribution is 2.34. The van der Waals surface area contributed by atoms with Gasteiger partial charge in [0.15, 0.2) is 0 Å². The number of nitrogens with one attached hydrogen (secondary N) is 1. The van der Waals surface area contributed by atoms with E-state index in [-0.39, 0.29) is 11.8 Å². The zero-order valence-corrected chi connectivity index (χ0v) is 13.3. The van der Waals surface area contributed by atoms with Crippen molar-refractivity contribution in [2.24, 2.45) is 11.8 Å². The lowest BCUT2D eigenvalue weighted by Gasteiger charge is -2.29. The van der Waals surface area contributed by atoms with Gasteiger partial charge in [-0.1, -0.05) is 18.2 Å². The van der Waals surface area contributed by atoms with Gasteiger partial charge >= 0.3 is 5.97 Å². The minimum absolute atomic E-state index is 0.0837. The van der Waals surface area contributed by atoms with E-state index in [1.165, 1.54) is 0 Å². The number of hydrogen-bond acceptors (Lipinski definition) is 3. The van der Waals surface area contributed by atoms with Crippen LogP contribution in [-0.2, 0) is 15.1 Å². The number of methoxy groups -OCH3 is 1. The second-order valence-corrected chi connectivity index (χ2v) is 6.36. The molecule has 1 saturated carbocycles. The van der Waals surface area contributed by atoms with E-state index in [2.05, 4.69) is 5.32 Å². The molecule has 1 fully saturated rings. The Morgan fingerprint density at radius 3 is 2.45 bits per heavy atom. The molecular weight excluding hydrogens is 282 g/mol. The molecule has 2 atom stereocenters. The van der Waals surface area contributed by atoms with Crippen molar-refractivity contribution in [3.05, 3.63) is 29.8 Å². The Balaban J connectivity index is 2.08. The van der Waals surface area contributed by atoms with E-state index in [1.54, 1.807) is 7.11 Å². The molecule has 0 heterocycles. The summed E-state index contributed by atoms with van der Waals surface area (Å²) in [7, 11) is 1.60. The van der Waals surface area contributed by atoms with Crippen molar-refractivity contribution >= 4 is 11.9 Å². The van der Waals surface area contributed by atoms with Gasteiger partial charge in [0.05, 0.1) is 18.6 Å². The van der Waals surface area contributed by atoms with E-state index in [9.17, 15) is 9.59 Å². The standard InChI is InChI=1S/C17H23NO4/c1-17(2,13-6-4-5-7-14(13)22-3)18-15(19)11-8-9-12(10-11)16(20)21/h4-7,11-12H,8-10H2,1-3H3,(H,18,19)(H,20,21)/t11-,12+/m1/s1. The molecule has 1 aromatic rings. The van der Waals surface area contributed by atoms with Crippen molar-refractivity contribution in [2.45, 2.75) is 38.6 Å². The summed E-state index contributed by atoms with van der Waals surface area (Å²) in [4.78, 5) is 23.5. The molecule has 5 heteroatoms. The Kier molecular flexibility index (Phi) is 4.74. The molecule has 1 aliphatic carbocycles. The zero-order valence-electron chi connectivity index (χ0n) is 13.3. The van der Waals surface area contributed by atoms with Crippen LogP contribution in [0.1, 0.15) is 38.7 Å². The van der Waals surface area contributed by atoms with Gasteiger partial charge in [0.25, 0.3) is 0 Å². The molecule has 0 radical (unpaired) electrons. The number of ether oxygens (including phenoxy) is 1. The van der Waals surface area contributed by atoms with Crippen LogP contribution < -0.4 is 10.1 Å². The SMILES string of the molecule is COc1ccccc1C(C)(C)NC(=O)[C@@H]1CC[C@H](C(=O)O)C1. The van der Waals surface area contributed by atoms with E-state index < -0.39 is 17.4 Å². The number of benzene rings is 1. The van der Waals surface area contributed by atoms with Gasteiger partial charge in [0.2, 0.25) is 5.91 Å². The molecule has 120 valence electrons. The summed E-state index contributed by atoms with van der Waals surface area (Å²) < 4.78 is 5.36. The first kappa shape index (κ1) is 16.3. The van der Waals surface area contributed by atoms with Crippen LogP contribution in [-0.4, -0.2) is 24.1 Å². The first-order valence-corrected chi connectivity index (χ1v) is 7.53. The quantitative estimate of drug-likeness (QED) is 0.876. The molecule has 2 N–H and O–H groups in total.